The zero-order valence-corrected chi connectivity index (χ0v) is 17.0. The summed E-state index contributed by atoms with van der Waals surface area (Å²) in [5, 5.41) is 5.50. The molecule has 2 N–H and O–H groups in total. The highest BCUT2D eigenvalue weighted by Gasteiger charge is 2.10. The normalized spacial score (nSPS) is 10.6. The van der Waals surface area contributed by atoms with Gasteiger partial charge in [0.15, 0.2) is 0 Å². The van der Waals surface area contributed by atoms with E-state index in [1.165, 1.54) is 0 Å². The summed E-state index contributed by atoms with van der Waals surface area (Å²) >= 11 is 0. The number of nitrogens with one attached hydrogen (secondary N) is 2. The van der Waals surface area contributed by atoms with Crippen LogP contribution in [0.3, 0.4) is 0 Å². The van der Waals surface area contributed by atoms with E-state index in [4.69, 9.17) is 4.74 Å². The van der Waals surface area contributed by atoms with Crippen LogP contribution in [-0.4, -0.2) is 43.5 Å². The molecule has 2 aromatic carbocycles. The van der Waals surface area contributed by atoms with Crippen molar-refractivity contribution in [2.75, 3.05) is 32.1 Å². The van der Waals surface area contributed by atoms with E-state index in [2.05, 4.69) is 10.6 Å². The molecule has 2 rings (SSSR count). The van der Waals surface area contributed by atoms with E-state index in [0.29, 0.717) is 13.2 Å². The molecule has 0 saturated carbocycles. The average molecular weight is 383 g/mol. The van der Waals surface area contributed by atoms with Gasteiger partial charge in [-0.15, -0.1) is 0 Å². The van der Waals surface area contributed by atoms with Crippen molar-refractivity contribution in [1.29, 1.82) is 0 Å². The maximum Gasteiger partial charge on any atom is 0.243 e. The molecule has 0 aliphatic heterocycles. The van der Waals surface area contributed by atoms with Crippen molar-refractivity contribution < 1.29 is 14.3 Å². The number of hydrogen-bond donors (Lipinski definition) is 2. The maximum atomic E-state index is 12.1. The highest BCUT2D eigenvalue weighted by Crippen LogP contribution is 2.17. The molecule has 150 valence electrons. The van der Waals surface area contributed by atoms with Crippen molar-refractivity contribution in [3.63, 3.8) is 0 Å². The first kappa shape index (κ1) is 21.4. The third-order valence-electron chi connectivity index (χ3n) is 4.43. The molecule has 0 saturated heterocycles. The highest BCUT2D eigenvalue weighted by atomic mass is 16.5. The van der Waals surface area contributed by atoms with Crippen LogP contribution in [0.5, 0.6) is 5.75 Å². The quantitative estimate of drug-likeness (QED) is 0.699. The fourth-order valence-electron chi connectivity index (χ4n) is 2.79. The number of rotatable bonds is 9. The Morgan fingerprint density at radius 2 is 1.75 bits per heavy atom. The molecule has 6 nitrogen and oxygen atoms in total. The van der Waals surface area contributed by atoms with E-state index in [0.717, 1.165) is 28.1 Å². The zero-order valence-electron chi connectivity index (χ0n) is 17.0. The lowest BCUT2D eigenvalue weighted by Crippen LogP contribution is -2.39. The summed E-state index contributed by atoms with van der Waals surface area (Å²) in [6.07, 6.45) is 0. The molecule has 28 heavy (non-hydrogen) atoms. The van der Waals surface area contributed by atoms with Gasteiger partial charge in [-0.1, -0.05) is 24.3 Å². The topological polar surface area (TPSA) is 70.7 Å². The molecule has 6 heteroatoms. The Balaban J connectivity index is 1.75. The molecule has 0 fully saturated rings. The number of hydrogen-bond acceptors (Lipinski definition) is 4. The molecule has 2 amide bonds. The number of ether oxygens (including phenoxy) is 1. The van der Waals surface area contributed by atoms with Gasteiger partial charge >= 0.3 is 0 Å². The lowest BCUT2D eigenvalue weighted by Gasteiger charge is -2.17. The van der Waals surface area contributed by atoms with Crippen LogP contribution >= 0.6 is 0 Å². The average Bonchev–Trinajstić information content (AvgIpc) is 2.65. The van der Waals surface area contributed by atoms with Crippen molar-refractivity contribution in [1.82, 2.24) is 10.2 Å². The van der Waals surface area contributed by atoms with Crippen LogP contribution in [0.2, 0.25) is 0 Å². The Morgan fingerprint density at radius 3 is 2.43 bits per heavy atom. The fourth-order valence-corrected chi connectivity index (χ4v) is 2.79. The van der Waals surface area contributed by atoms with Gasteiger partial charge in [0.05, 0.1) is 19.7 Å². The number of likely N-dealkylation sites (N-methyl/N-ethyl adjacent to an activating group) is 1. The first-order valence-corrected chi connectivity index (χ1v) is 9.42. The predicted octanol–water partition coefficient (Wildman–Crippen LogP) is 2.89. The van der Waals surface area contributed by atoms with E-state index in [9.17, 15) is 9.59 Å². The van der Waals surface area contributed by atoms with Gasteiger partial charge in [0, 0.05) is 12.2 Å². The van der Waals surface area contributed by atoms with Crippen molar-refractivity contribution in [3.8, 4) is 5.75 Å². The van der Waals surface area contributed by atoms with Crippen LogP contribution in [0.4, 0.5) is 5.69 Å². The van der Waals surface area contributed by atoms with Crippen LogP contribution in [0.25, 0.3) is 0 Å². The second-order valence-electron chi connectivity index (χ2n) is 6.82. The summed E-state index contributed by atoms with van der Waals surface area (Å²) in [5.41, 5.74) is 3.99. The van der Waals surface area contributed by atoms with Crippen molar-refractivity contribution in [3.05, 3.63) is 59.2 Å². The largest absolute Gasteiger partial charge is 0.494 e. The molecule has 0 aliphatic rings. The minimum atomic E-state index is -0.240. The van der Waals surface area contributed by atoms with E-state index in [1.807, 2.05) is 75.2 Å². The summed E-state index contributed by atoms with van der Waals surface area (Å²) in [6, 6.07) is 13.6. The van der Waals surface area contributed by atoms with Crippen molar-refractivity contribution in [2.24, 2.45) is 0 Å². The lowest BCUT2D eigenvalue weighted by molar-refractivity contribution is -0.124. The molecule has 0 aliphatic carbocycles. The Hall–Kier alpha value is -2.86. The van der Waals surface area contributed by atoms with Crippen LogP contribution < -0.4 is 15.4 Å². The Labute approximate surface area is 166 Å². The van der Waals surface area contributed by atoms with Gasteiger partial charge in [-0.05, 0) is 62.7 Å². The van der Waals surface area contributed by atoms with Gasteiger partial charge in [0.1, 0.15) is 5.75 Å². The molecule has 0 heterocycles. The summed E-state index contributed by atoms with van der Waals surface area (Å²) < 4.78 is 5.43. The summed E-state index contributed by atoms with van der Waals surface area (Å²) in [6.45, 7) is 7.33. The minimum absolute atomic E-state index is 0.0525. The molecule has 0 spiro atoms. The lowest BCUT2D eigenvalue weighted by atomic mass is 10.1. The van der Waals surface area contributed by atoms with Gasteiger partial charge < -0.3 is 15.4 Å². The molecular weight excluding hydrogens is 354 g/mol. The van der Waals surface area contributed by atoms with Gasteiger partial charge in [-0.3, -0.25) is 14.5 Å². The van der Waals surface area contributed by atoms with Crippen LogP contribution in [-0.2, 0) is 16.1 Å². The molecule has 2 aromatic rings. The summed E-state index contributed by atoms with van der Waals surface area (Å²) in [4.78, 5) is 26.1. The van der Waals surface area contributed by atoms with Crippen molar-refractivity contribution >= 4 is 17.5 Å². The molecule has 0 unspecified atom stereocenters. The Kier molecular flexibility index (Phi) is 8.02. The maximum absolute atomic E-state index is 12.1. The summed E-state index contributed by atoms with van der Waals surface area (Å²) in [7, 11) is 1.87. The molecule has 0 atom stereocenters. The number of carbonyl (C=O) groups excluding carboxylic acids is 2. The standard InChI is InChI=1S/C22H29N3O3/c1-5-28-19-11-9-18(10-12-19)14-25(4)15-22(27)23-13-21(26)24-20-8-6-7-16(2)17(20)3/h6-12H,5,13-15H2,1-4H3,(H,23,27)(H,24,26). The van der Waals surface area contributed by atoms with Gasteiger partial charge in [0.25, 0.3) is 0 Å². The van der Waals surface area contributed by atoms with E-state index < -0.39 is 0 Å². The Morgan fingerprint density at radius 1 is 1.04 bits per heavy atom. The van der Waals surface area contributed by atoms with Gasteiger partial charge in [0.2, 0.25) is 11.8 Å². The second kappa shape index (κ2) is 10.5. The van der Waals surface area contributed by atoms with Gasteiger partial charge in [-0.25, -0.2) is 0 Å². The third kappa shape index (κ3) is 6.70. The molecule has 0 radical (unpaired) electrons. The molecule has 0 aromatic heterocycles. The van der Waals surface area contributed by atoms with Crippen LogP contribution in [0.15, 0.2) is 42.5 Å². The minimum Gasteiger partial charge on any atom is -0.494 e. The zero-order chi connectivity index (χ0) is 20.5. The van der Waals surface area contributed by atoms with Crippen LogP contribution in [0, 0.1) is 13.8 Å². The number of carbonyl (C=O) groups is 2. The molecular formula is C22H29N3O3. The summed E-state index contributed by atoms with van der Waals surface area (Å²) in [5.74, 6) is 0.405. The number of benzene rings is 2. The predicted molar refractivity (Wildman–Crippen MR) is 112 cm³/mol. The van der Waals surface area contributed by atoms with E-state index in [1.54, 1.807) is 0 Å². The first-order chi connectivity index (χ1) is 13.4. The Bertz CT molecular complexity index is 803. The fraction of sp³-hybridized carbons (Fsp3) is 0.364. The smallest absolute Gasteiger partial charge is 0.243 e. The molecule has 0 bridgehead atoms. The second-order valence-corrected chi connectivity index (χ2v) is 6.82. The SMILES string of the molecule is CCOc1ccc(CN(C)CC(=O)NCC(=O)Nc2cccc(C)c2C)cc1. The third-order valence-corrected chi connectivity index (χ3v) is 4.43. The van der Waals surface area contributed by atoms with Gasteiger partial charge in [-0.2, -0.15) is 0 Å². The number of anilines is 1. The highest BCUT2D eigenvalue weighted by molar-refractivity contribution is 5.95. The number of amides is 2. The van der Waals surface area contributed by atoms with E-state index in [-0.39, 0.29) is 24.9 Å². The number of aryl methyl sites for hydroxylation is 1. The monoisotopic (exact) mass is 383 g/mol. The number of nitrogens with zero attached hydrogens (tertiary/aromatic N) is 1. The van der Waals surface area contributed by atoms with E-state index >= 15 is 0 Å². The first-order valence-electron chi connectivity index (χ1n) is 9.42. The van der Waals surface area contributed by atoms with Crippen LogP contribution in [0.1, 0.15) is 23.6 Å². The van der Waals surface area contributed by atoms with Crippen molar-refractivity contribution in [2.45, 2.75) is 27.3 Å².